The van der Waals surface area contributed by atoms with Crippen LogP contribution in [0.4, 0.5) is 0 Å². The molecule has 0 fully saturated rings. The molecule has 0 aliphatic rings. The van der Waals surface area contributed by atoms with Gasteiger partial charge in [0.25, 0.3) is 0 Å². The summed E-state index contributed by atoms with van der Waals surface area (Å²) in [5.74, 6) is 1.69. The van der Waals surface area contributed by atoms with Crippen molar-refractivity contribution in [2.24, 2.45) is 0 Å². The van der Waals surface area contributed by atoms with Gasteiger partial charge in [-0.25, -0.2) is 15.0 Å². The number of para-hydroxylation sites is 3. The standard InChI is InChI=1S/C57H34N4O2/c1-3-11-35(12-4-1)36-19-21-37(22-20-36)55-58-56(40-24-28-46-45-16-8-10-18-51(45)62-53(46)33-40)60-57(59-55)41-25-29-47-48-31-38(26-30-52(48)63-54(47)34-41)39-23-27-44-43-15-7-9-17-49(43)61(50(44)32-39)42-13-5-2-6-14-42/h1-34H. The Morgan fingerprint density at radius 1 is 0.270 bits per heavy atom. The van der Waals surface area contributed by atoms with Gasteiger partial charge >= 0.3 is 0 Å². The molecular formula is C57H34N4O2. The third-order valence-electron chi connectivity index (χ3n) is 12.3. The van der Waals surface area contributed by atoms with Crippen LogP contribution in [0.2, 0.25) is 0 Å². The normalized spacial score (nSPS) is 11.8. The highest BCUT2D eigenvalue weighted by Gasteiger charge is 2.18. The van der Waals surface area contributed by atoms with Crippen molar-refractivity contribution in [3.8, 4) is 62.1 Å². The number of nitrogens with zero attached hydrogens (tertiary/aromatic N) is 4. The molecular weight excluding hydrogens is 773 g/mol. The van der Waals surface area contributed by atoms with Gasteiger partial charge in [0.2, 0.25) is 0 Å². The number of hydrogen-bond acceptors (Lipinski definition) is 5. The molecule has 6 heteroatoms. The molecule has 0 unspecified atom stereocenters. The van der Waals surface area contributed by atoms with Crippen molar-refractivity contribution in [1.82, 2.24) is 19.5 Å². The van der Waals surface area contributed by atoms with Crippen molar-refractivity contribution < 1.29 is 8.83 Å². The Balaban J connectivity index is 0.917. The molecule has 0 saturated carbocycles. The molecule has 13 rings (SSSR count). The smallest absolute Gasteiger partial charge is 0.164 e. The molecule has 0 radical (unpaired) electrons. The predicted molar refractivity (Wildman–Crippen MR) is 256 cm³/mol. The van der Waals surface area contributed by atoms with E-state index in [1.54, 1.807) is 0 Å². The number of fused-ring (bicyclic) bond motifs is 9. The van der Waals surface area contributed by atoms with Gasteiger partial charge in [0, 0.05) is 54.7 Å². The van der Waals surface area contributed by atoms with E-state index in [1.165, 1.54) is 21.8 Å². The lowest BCUT2D eigenvalue weighted by Crippen LogP contribution is -2.00. The average Bonchev–Trinajstić information content (AvgIpc) is 4.03. The summed E-state index contributed by atoms with van der Waals surface area (Å²) < 4.78 is 15.2. The van der Waals surface area contributed by atoms with Crippen LogP contribution in [0.5, 0.6) is 0 Å². The van der Waals surface area contributed by atoms with E-state index >= 15 is 0 Å². The Labute approximate surface area is 361 Å². The Bertz CT molecular complexity index is 3900. The van der Waals surface area contributed by atoms with Crippen LogP contribution in [0.15, 0.2) is 215 Å². The van der Waals surface area contributed by atoms with Gasteiger partial charge in [0.15, 0.2) is 17.5 Å². The predicted octanol–water partition coefficient (Wildman–Crippen LogP) is 15.1. The monoisotopic (exact) mass is 806 g/mol. The minimum Gasteiger partial charge on any atom is -0.456 e. The lowest BCUT2D eigenvalue weighted by molar-refractivity contribution is 0.668. The zero-order chi connectivity index (χ0) is 41.4. The Kier molecular flexibility index (Phi) is 7.80. The molecule has 0 bridgehead atoms. The van der Waals surface area contributed by atoms with Gasteiger partial charge in [0.05, 0.1) is 11.0 Å². The zero-order valence-electron chi connectivity index (χ0n) is 33.7. The van der Waals surface area contributed by atoms with Crippen LogP contribution < -0.4 is 0 Å². The molecule has 0 saturated heterocycles. The fourth-order valence-electron chi connectivity index (χ4n) is 9.17. The van der Waals surface area contributed by atoms with Crippen LogP contribution in [-0.4, -0.2) is 19.5 Å². The molecule has 6 nitrogen and oxygen atoms in total. The third-order valence-corrected chi connectivity index (χ3v) is 12.3. The minimum atomic E-state index is 0.553. The number of hydrogen-bond donors (Lipinski definition) is 0. The second-order valence-corrected chi connectivity index (χ2v) is 16.0. The van der Waals surface area contributed by atoms with Crippen molar-refractivity contribution in [3.05, 3.63) is 206 Å². The fraction of sp³-hybridized carbons (Fsp3) is 0. The fourth-order valence-corrected chi connectivity index (χ4v) is 9.17. The van der Waals surface area contributed by atoms with Crippen LogP contribution in [-0.2, 0) is 0 Å². The highest BCUT2D eigenvalue weighted by Crippen LogP contribution is 2.39. The summed E-state index contributed by atoms with van der Waals surface area (Å²) in [6, 6.07) is 71.7. The Morgan fingerprint density at radius 3 is 1.46 bits per heavy atom. The van der Waals surface area contributed by atoms with Gasteiger partial charge in [-0.15, -0.1) is 0 Å². The number of rotatable bonds is 6. The maximum atomic E-state index is 6.57. The topological polar surface area (TPSA) is 69.9 Å². The van der Waals surface area contributed by atoms with E-state index in [9.17, 15) is 0 Å². The van der Waals surface area contributed by atoms with Gasteiger partial charge in [-0.2, -0.15) is 0 Å². The Hall–Kier alpha value is -8.61. The lowest BCUT2D eigenvalue weighted by Gasteiger charge is -2.09. The van der Waals surface area contributed by atoms with E-state index in [2.05, 4.69) is 174 Å². The van der Waals surface area contributed by atoms with Crippen LogP contribution >= 0.6 is 0 Å². The maximum Gasteiger partial charge on any atom is 0.164 e. The first-order valence-corrected chi connectivity index (χ1v) is 21.1. The van der Waals surface area contributed by atoms with E-state index < -0.39 is 0 Å². The average molecular weight is 807 g/mol. The maximum absolute atomic E-state index is 6.57. The second kappa shape index (κ2) is 14.0. The molecule has 294 valence electrons. The summed E-state index contributed by atoms with van der Waals surface area (Å²) in [6.07, 6.45) is 0. The largest absolute Gasteiger partial charge is 0.456 e. The van der Waals surface area contributed by atoms with E-state index in [4.69, 9.17) is 23.8 Å². The number of furan rings is 2. The molecule has 4 heterocycles. The highest BCUT2D eigenvalue weighted by atomic mass is 16.3. The first-order chi connectivity index (χ1) is 31.2. The van der Waals surface area contributed by atoms with Gasteiger partial charge in [-0.3, -0.25) is 0 Å². The van der Waals surface area contributed by atoms with E-state index in [0.29, 0.717) is 17.5 Å². The van der Waals surface area contributed by atoms with Gasteiger partial charge in [-0.1, -0.05) is 140 Å². The van der Waals surface area contributed by atoms with Crippen molar-refractivity contribution in [1.29, 1.82) is 0 Å². The first kappa shape index (κ1) is 35.2. The summed E-state index contributed by atoms with van der Waals surface area (Å²) >= 11 is 0. The van der Waals surface area contributed by atoms with Crippen molar-refractivity contribution in [2.75, 3.05) is 0 Å². The van der Waals surface area contributed by atoms with Gasteiger partial charge < -0.3 is 13.4 Å². The van der Waals surface area contributed by atoms with Gasteiger partial charge in [0.1, 0.15) is 22.3 Å². The molecule has 0 amide bonds. The lowest BCUT2D eigenvalue weighted by atomic mass is 10.0. The van der Waals surface area contributed by atoms with Crippen LogP contribution in [0.3, 0.4) is 0 Å². The highest BCUT2D eigenvalue weighted by molar-refractivity contribution is 6.11. The van der Waals surface area contributed by atoms with Gasteiger partial charge in [-0.05, 0) is 89.0 Å². The molecule has 0 atom stereocenters. The summed E-state index contributed by atoms with van der Waals surface area (Å²) in [5, 5.41) is 6.66. The van der Waals surface area contributed by atoms with Crippen LogP contribution in [0.25, 0.3) is 128 Å². The second-order valence-electron chi connectivity index (χ2n) is 16.0. The van der Waals surface area contributed by atoms with E-state index in [-0.39, 0.29) is 0 Å². The number of benzene rings is 9. The Morgan fingerprint density at radius 2 is 0.730 bits per heavy atom. The summed E-state index contributed by atoms with van der Waals surface area (Å²) in [4.78, 5) is 15.3. The molecule has 0 N–H and O–H groups in total. The van der Waals surface area contributed by atoms with Crippen LogP contribution in [0.1, 0.15) is 0 Å². The molecule has 9 aromatic carbocycles. The molecule has 0 spiro atoms. The van der Waals surface area contributed by atoms with Crippen molar-refractivity contribution in [3.63, 3.8) is 0 Å². The van der Waals surface area contributed by atoms with E-state index in [1.807, 2.05) is 36.4 Å². The SMILES string of the molecule is c1ccc(-c2ccc(-c3nc(-c4ccc5c(c4)oc4ccccc45)nc(-c4ccc5c(c4)oc4ccc(-c6ccc7c8ccccc8n(-c8ccccc8)c7c6)cc45)n3)cc2)cc1. The molecule has 4 aromatic heterocycles. The summed E-state index contributed by atoms with van der Waals surface area (Å²) in [6.45, 7) is 0. The number of aromatic nitrogens is 4. The minimum absolute atomic E-state index is 0.553. The van der Waals surface area contributed by atoms with Crippen molar-refractivity contribution in [2.45, 2.75) is 0 Å². The quantitative estimate of drug-likeness (QED) is 0.167. The van der Waals surface area contributed by atoms with E-state index in [0.717, 1.165) is 88.5 Å². The molecule has 13 aromatic rings. The third kappa shape index (κ3) is 5.84. The van der Waals surface area contributed by atoms with Crippen LogP contribution in [0, 0.1) is 0 Å². The molecule has 0 aliphatic heterocycles. The summed E-state index contributed by atoms with van der Waals surface area (Å²) in [7, 11) is 0. The molecule has 0 aliphatic carbocycles. The first-order valence-electron chi connectivity index (χ1n) is 21.1. The summed E-state index contributed by atoms with van der Waals surface area (Å²) in [5.41, 5.74) is 13.8. The zero-order valence-corrected chi connectivity index (χ0v) is 33.7. The van der Waals surface area contributed by atoms with Crippen molar-refractivity contribution >= 4 is 65.7 Å². The molecule has 63 heavy (non-hydrogen) atoms.